The van der Waals surface area contributed by atoms with Gasteiger partial charge in [-0.2, -0.15) is 0 Å². The third kappa shape index (κ3) is 5.50. The molecular weight excluding hydrogens is 216 g/mol. The highest BCUT2D eigenvalue weighted by Gasteiger charge is 2.18. The quantitative estimate of drug-likeness (QED) is 0.625. The fraction of sp³-hybridized carbons (Fsp3) is 0.923. The van der Waals surface area contributed by atoms with Crippen molar-refractivity contribution in [3.8, 4) is 0 Å². The molecule has 1 aliphatic carbocycles. The minimum atomic E-state index is 0.0454. The lowest BCUT2D eigenvalue weighted by Crippen LogP contribution is -2.45. The van der Waals surface area contributed by atoms with Crippen LogP contribution in [0.5, 0.6) is 0 Å². The van der Waals surface area contributed by atoms with Crippen LogP contribution in [0.2, 0.25) is 0 Å². The average molecular weight is 242 g/mol. The predicted octanol–water partition coefficient (Wildman–Crippen LogP) is 1.04. The molecule has 0 bridgehead atoms. The highest BCUT2D eigenvalue weighted by atomic mass is 16.3. The zero-order valence-electron chi connectivity index (χ0n) is 11.0. The summed E-state index contributed by atoms with van der Waals surface area (Å²) in [5.74, 6) is 0.404. The largest absolute Gasteiger partial charge is 0.396 e. The van der Waals surface area contributed by atoms with Gasteiger partial charge in [-0.05, 0) is 25.2 Å². The Kier molecular flexibility index (Phi) is 6.52. The summed E-state index contributed by atoms with van der Waals surface area (Å²) in [4.78, 5) is 11.7. The summed E-state index contributed by atoms with van der Waals surface area (Å²) in [5, 5.41) is 15.2. The van der Waals surface area contributed by atoms with Crippen molar-refractivity contribution < 1.29 is 9.90 Å². The summed E-state index contributed by atoms with van der Waals surface area (Å²) in [6.07, 6.45) is 5.57. The van der Waals surface area contributed by atoms with Crippen LogP contribution in [-0.4, -0.2) is 36.2 Å². The zero-order chi connectivity index (χ0) is 12.7. The maximum Gasteiger partial charge on any atom is 0.234 e. The Morgan fingerprint density at radius 2 is 2.00 bits per heavy atom. The smallest absolute Gasteiger partial charge is 0.234 e. The topological polar surface area (TPSA) is 61.4 Å². The number of hydrogen-bond donors (Lipinski definition) is 3. The summed E-state index contributed by atoms with van der Waals surface area (Å²) in [5.41, 5.74) is 0. The second-order valence-corrected chi connectivity index (χ2v) is 5.29. The summed E-state index contributed by atoms with van der Waals surface area (Å²) < 4.78 is 0. The molecule has 1 saturated carbocycles. The van der Waals surface area contributed by atoms with Crippen LogP contribution < -0.4 is 10.6 Å². The molecule has 17 heavy (non-hydrogen) atoms. The first-order valence-corrected chi connectivity index (χ1v) is 6.77. The summed E-state index contributed by atoms with van der Waals surface area (Å²) in [6.45, 7) is 4.65. The van der Waals surface area contributed by atoms with E-state index >= 15 is 0 Å². The van der Waals surface area contributed by atoms with E-state index in [4.69, 9.17) is 5.11 Å². The molecular formula is C13H26N2O2. The van der Waals surface area contributed by atoms with Gasteiger partial charge in [0, 0.05) is 18.7 Å². The number of carbonyl (C=O) groups is 1. The molecule has 0 aliphatic heterocycles. The highest BCUT2D eigenvalue weighted by molar-refractivity contribution is 5.78. The first kappa shape index (κ1) is 14.5. The Bertz CT molecular complexity index is 225. The molecule has 3 N–H and O–H groups in total. The van der Waals surface area contributed by atoms with Crippen molar-refractivity contribution in [3.63, 3.8) is 0 Å². The van der Waals surface area contributed by atoms with Crippen LogP contribution in [0.4, 0.5) is 0 Å². The van der Waals surface area contributed by atoms with Crippen molar-refractivity contribution in [1.82, 2.24) is 10.6 Å². The lowest BCUT2D eigenvalue weighted by atomic mass is 10.0. The number of aliphatic hydroxyl groups excluding tert-OH is 1. The molecule has 1 amide bonds. The lowest BCUT2D eigenvalue weighted by Gasteiger charge is -2.22. The van der Waals surface area contributed by atoms with Crippen LogP contribution in [0.15, 0.2) is 0 Å². The van der Waals surface area contributed by atoms with Crippen LogP contribution >= 0.6 is 0 Å². The van der Waals surface area contributed by atoms with E-state index in [0.717, 1.165) is 0 Å². The zero-order valence-corrected chi connectivity index (χ0v) is 11.0. The van der Waals surface area contributed by atoms with Gasteiger partial charge in [-0.3, -0.25) is 4.79 Å². The van der Waals surface area contributed by atoms with Crippen LogP contribution in [-0.2, 0) is 4.79 Å². The Labute approximate surface area is 104 Å². The monoisotopic (exact) mass is 242 g/mol. The predicted molar refractivity (Wildman–Crippen MR) is 68.7 cm³/mol. The van der Waals surface area contributed by atoms with Crippen LogP contribution in [0.3, 0.4) is 0 Å². The van der Waals surface area contributed by atoms with Crippen molar-refractivity contribution >= 4 is 5.91 Å². The molecule has 1 fully saturated rings. The first-order chi connectivity index (χ1) is 8.13. The summed E-state index contributed by atoms with van der Waals surface area (Å²) in [7, 11) is 0. The van der Waals surface area contributed by atoms with Crippen LogP contribution in [0.1, 0.15) is 46.0 Å². The summed E-state index contributed by atoms with van der Waals surface area (Å²) in [6, 6.07) is 0.606. The van der Waals surface area contributed by atoms with Gasteiger partial charge in [0.1, 0.15) is 0 Å². The minimum Gasteiger partial charge on any atom is -0.396 e. The van der Waals surface area contributed by atoms with E-state index in [-0.39, 0.29) is 18.6 Å². The fourth-order valence-corrected chi connectivity index (χ4v) is 2.34. The van der Waals surface area contributed by atoms with Gasteiger partial charge in [0.15, 0.2) is 0 Å². The normalized spacial score (nSPS) is 18.6. The van der Waals surface area contributed by atoms with Gasteiger partial charge in [-0.15, -0.1) is 0 Å². The maximum atomic E-state index is 11.7. The van der Waals surface area contributed by atoms with Gasteiger partial charge in [-0.25, -0.2) is 0 Å². The van der Waals surface area contributed by atoms with E-state index in [1.807, 2.05) is 0 Å². The van der Waals surface area contributed by atoms with Gasteiger partial charge in [0.2, 0.25) is 5.91 Å². The third-order valence-electron chi connectivity index (χ3n) is 3.50. The van der Waals surface area contributed by atoms with Gasteiger partial charge in [0.25, 0.3) is 0 Å². The van der Waals surface area contributed by atoms with Gasteiger partial charge in [-0.1, -0.05) is 26.7 Å². The fourth-order valence-electron chi connectivity index (χ4n) is 2.34. The van der Waals surface area contributed by atoms with Crippen molar-refractivity contribution in [3.05, 3.63) is 0 Å². The first-order valence-electron chi connectivity index (χ1n) is 6.77. The van der Waals surface area contributed by atoms with Gasteiger partial charge in [0.05, 0.1) is 6.54 Å². The van der Waals surface area contributed by atoms with E-state index < -0.39 is 0 Å². The molecule has 0 aromatic rings. The number of amides is 1. The number of hydrogen-bond acceptors (Lipinski definition) is 3. The molecule has 1 atom stereocenters. The van der Waals surface area contributed by atoms with E-state index in [1.54, 1.807) is 0 Å². The molecule has 0 heterocycles. The molecule has 4 heteroatoms. The lowest BCUT2D eigenvalue weighted by molar-refractivity contribution is -0.121. The van der Waals surface area contributed by atoms with E-state index in [2.05, 4.69) is 24.5 Å². The Hall–Kier alpha value is -0.610. The standard InChI is InChI=1S/C13H26N2O2/c1-10(2)12(7-8-16)15-13(17)9-14-11-5-3-4-6-11/h10-12,14,16H,3-9H2,1-2H3,(H,15,17). The highest BCUT2D eigenvalue weighted by Crippen LogP contribution is 2.17. The number of carbonyl (C=O) groups excluding carboxylic acids is 1. The molecule has 1 rings (SSSR count). The molecule has 100 valence electrons. The second kappa shape index (κ2) is 7.67. The van der Waals surface area contributed by atoms with Crippen LogP contribution in [0.25, 0.3) is 0 Å². The van der Waals surface area contributed by atoms with Gasteiger partial charge < -0.3 is 15.7 Å². The van der Waals surface area contributed by atoms with E-state index in [0.29, 0.717) is 24.9 Å². The average Bonchev–Trinajstić information content (AvgIpc) is 2.78. The molecule has 0 spiro atoms. The Morgan fingerprint density at radius 3 is 2.53 bits per heavy atom. The van der Waals surface area contributed by atoms with Crippen molar-refractivity contribution in [2.75, 3.05) is 13.2 Å². The third-order valence-corrected chi connectivity index (χ3v) is 3.50. The number of rotatable bonds is 7. The SMILES string of the molecule is CC(C)C(CCO)NC(=O)CNC1CCCC1. The van der Waals surface area contributed by atoms with E-state index in [1.165, 1.54) is 25.7 Å². The Balaban J connectivity index is 2.21. The van der Waals surface area contributed by atoms with Gasteiger partial charge >= 0.3 is 0 Å². The molecule has 0 aromatic heterocycles. The van der Waals surface area contributed by atoms with Crippen LogP contribution in [0, 0.1) is 5.92 Å². The molecule has 0 radical (unpaired) electrons. The molecule has 0 aromatic carbocycles. The Morgan fingerprint density at radius 1 is 1.35 bits per heavy atom. The molecule has 0 saturated heterocycles. The molecule has 1 aliphatic rings. The van der Waals surface area contributed by atoms with Crippen molar-refractivity contribution in [2.24, 2.45) is 5.92 Å². The molecule has 4 nitrogen and oxygen atoms in total. The maximum absolute atomic E-state index is 11.7. The molecule has 1 unspecified atom stereocenters. The minimum absolute atomic E-state index is 0.0454. The van der Waals surface area contributed by atoms with Crippen molar-refractivity contribution in [1.29, 1.82) is 0 Å². The second-order valence-electron chi connectivity index (χ2n) is 5.29. The van der Waals surface area contributed by atoms with E-state index in [9.17, 15) is 4.79 Å². The van der Waals surface area contributed by atoms with Crippen molar-refractivity contribution in [2.45, 2.75) is 58.0 Å². The summed E-state index contributed by atoms with van der Waals surface area (Å²) >= 11 is 0. The number of aliphatic hydroxyl groups is 1. The number of nitrogens with one attached hydrogen (secondary N) is 2.